The van der Waals surface area contributed by atoms with Crippen LogP contribution < -0.4 is 0 Å². The first-order valence-corrected chi connectivity index (χ1v) is 7.89. The summed E-state index contributed by atoms with van der Waals surface area (Å²) in [7, 11) is 0. The third kappa shape index (κ3) is 7.11. The van der Waals surface area contributed by atoms with Gasteiger partial charge in [-0.25, -0.2) is 0 Å². The quantitative estimate of drug-likeness (QED) is 0.696. The van der Waals surface area contributed by atoms with Crippen LogP contribution in [0.5, 0.6) is 0 Å². The zero-order valence-electron chi connectivity index (χ0n) is 13.4. The van der Waals surface area contributed by atoms with Crippen molar-refractivity contribution in [3.63, 3.8) is 0 Å². The van der Waals surface area contributed by atoms with Crippen LogP contribution >= 0.6 is 0 Å². The van der Waals surface area contributed by atoms with Crippen molar-refractivity contribution >= 4 is 11.9 Å². The van der Waals surface area contributed by atoms with E-state index in [1.165, 1.54) is 12.8 Å². The average molecular weight is 397 g/mol. The Labute approximate surface area is 147 Å². The van der Waals surface area contributed by atoms with Gasteiger partial charge in [0.2, 0.25) is 0 Å². The fourth-order valence-corrected chi connectivity index (χ4v) is 3.37. The van der Waals surface area contributed by atoms with Crippen molar-refractivity contribution in [2.75, 3.05) is 0 Å². The van der Waals surface area contributed by atoms with Gasteiger partial charge in [0.25, 0.3) is 0 Å². The molecule has 2 fully saturated rings. The molecule has 4 atom stereocenters. The largest absolute Gasteiger partial charge is 0.481 e. The van der Waals surface area contributed by atoms with Gasteiger partial charge in [0.15, 0.2) is 0 Å². The van der Waals surface area contributed by atoms with E-state index in [1.807, 2.05) is 13.8 Å². The van der Waals surface area contributed by atoms with Gasteiger partial charge < -0.3 is 10.2 Å². The zero-order valence-corrected chi connectivity index (χ0v) is 17.4. The minimum Gasteiger partial charge on any atom is -0.481 e. The van der Waals surface area contributed by atoms with Gasteiger partial charge in [-0.2, -0.15) is 0 Å². The van der Waals surface area contributed by atoms with Crippen LogP contribution in [0.4, 0.5) is 0 Å². The van der Waals surface area contributed by atoms with Gasteiger partial charge in [0.05, 0.1) is 11.8 Å². The number of rotatable bonds is 2. The summed E-state index contributed by atoms with van der Waals surface area (Å²) in [4.78, 5) is 21.1. The second-order valence-corrected chi connectivity index (χ2v) is 6.41. The van der Waals surface area contributed by atoms with Gasteiger partial charge in [-0.05, 0) is 37.5 Å². The summed E-state index contributed by atoms with van der Waals surface area (Å²) in [5.41, 5.74) is 0. The van der Waals surface area contributed by atoms with Crippen molar-refractivity contribution in [3.05, 3.63) is 0 Å². The summed E-state index contributed by atoms with van der Waals surface area (Å²) in [5, 5.41) is 17.4. The Morgan fingerprint density at radius 1 is 0.714 bits per heavy atom. The van der Waals surface area contributed by atoms with Crippen LogP contribution in [0.1, 0.15) is 65.2 Å². The van der Waals surface area contributed by atoms with Gasteiger partial charge in [-0.3, -0.25) is 9.59 Å². The first-order chi connectivity index (χ1) is 9.43. The summed E-state index contributed by atoms with van der Waals surface area (Å²) >= 11 is 0. The molecule has 0 aliphatic heterocycles. The minimum absolute atomic E-state index is 0. The topological polar surface area (TPSA) is 74.6 Å². The standard InChI is InChI=1S/2C8H14O2.Cd/c2*1-6-4-2-3-5-7(6)8(9)10;/h2*6-7H,2-5H2,1H3,(H,9,10);. The fourth-order valence-electron chi connectivity index (χ4n) is 3.37. The number of carbonyl (C=O) groups is 2. The molecule has 2 aliphatic carbocycles. The normalized spacial score (nSPS) is 32.1. The average Bonchev–Trinajstić information content (AvgIpc) is 2.40. The summed E-state index contributed by atoms with van der Waals surface area (Å²) in [6, 6.07) is 0. The Kier molecular flexibility index (Phi) is 10.5. The summed E-state index contributed by atoms with van der Waals surface area (Å²) in [5.74, 6) is -0.542. The van der Waals surface area contributed by atoms with Gasteiger partial charge >= 0.3 is 11.9 Å². The molecule has 0 bridgehead atoms. The molecule has 0 aromatic carbocycles. The van der Waals surface area contributed by atoms with E-state index in [4.69, 9.17) is 10.2 Å². The Bertz CT molecular complexity index is 300. The molecule has 0 spiro atoms. The Morgan fingerprint density at radius 3 is 1.19 bits per heavy atom. The van der Waals surface area contributed by atoms with E-state index in [-0.39, 0.29) is 39.1 Å². The molecule has 2 saturated carbocycles. The number of carboxylic acids is 2. The van der Waals surface area contributed by atoms with Crippen LogP contribution in [0.3, 0.4) is 0 Å². The molecule has 2 aliphatic rings. The molecule has 4 nitrogen and oxygen atoms in total. The Hall–Kier alpha value is -0.138. The number of aliphatic carboxylic acids is 2. The van der Waals surface area contributed by atoms with E-state index in [0.717, 1.165) is 38.5 Å². The summed E-state index contributed by atoms with van der Waals surface area (Å²) in [6.07, 6.45) is 8.58. The smallest absolute Gasteiger partial charge is 0.306 e. The molecule has 0 aromatic rings. The zero-order chi connectivity index (χ0) is 15.1. The Balaban J connectivity index is 0.000000364. The molecule has 118 valence electrons. The Morgan fingerprint density at radius 2 is 1.00 bits per heavy atom. The third-order valence-electron chi connectivity index (χ3n) is 4.86. The molecule has 0 radical (unpaired) electrons. The van der Waals surface area contributed by atoms with Crippen LogP contribution in [-0.4, -0.2) is 22.2 Å². The summed E-state index contributed by atoms with van der Waals surface area (Å²) in [6.45, 7) is 4.08. The monoisotopic (exact) mass is 398 g/mol. The number of hydrogen-bond donors (Lipinski definition) is 2. The maximum absolute atomic E-state index is 10.6. The van der Waals surface area contributed by atoms with Crippen molar-refractivity contribution in [2.45, 2.75) is 65.2 Å². The van der Waals surface area contributed by atoms with E-state index in [2.05, 4.69) is 0 Å². The van der Waals surface area contributed by atoms with Crippen LogP contribution in [-0.2, 0) is 36.9 Å². The predicted molar refractivity (Wildman–Crippen MR) is 77.5 cm³/mol. The summed E-state index contributed by atoms with van der Waals surface area (Å²) < 4.78 is 0. The van der Waals surface area contributed by atoms with E-state index >= 15 is 0 Å². The fraction of sp³-hybridized carbons (Fsp3) is 0.875. The van der Waals surface area contributed by atoms with Crippen molar-refractivity contribution < 1.29 is 47.1 Å². The van der Waals surface area contributed by atoms with Crippen molar-refractivity contribution in [1.29, 1.82) is 0 Å². The van der Waals surface area contributed by atoms with Crippen LogP contribution in [0.15, 0.2) is 0 Å². The predicted octanol–water partition coefficient (Wildman–Crippen LogP) is 3.79. The third-order valence-corrected chi connectivity index (χ3v) is 4.86. The number of carboxylic acid groups (broad SMARTS) is 2. The van der Waals surface area contributed by atoms with Crippen molar-refractivity contribution in [2.24, 2.45) is 23.7 Å². The van der Waals surface area contributed by atoms with E-state index < -0.39 is 11.9 Å². The van der Waals surface area contributed by atoms with E-state index in [1.54, 1.807) is 0 Å². The molecular weight excluding hydrogens is 369 g/mol. The second-order valence-electron chi connectivity index (χ2n) is 6.41. The maximum Gasteiger partial charge on any atom is 0.306 e. The van der Waals surface area contributed by atoms with E-state index in [0.29, 0.717) is 11.8 Å². The SMILES string of the molecule is CC1CCCCC1C(=O)O.CC1CCCCC1C(=O)O.[Cd]. The molecule has 0 saturated heterocycles. The first kappa shape index (κ1) is 20.9. The molecule has 4 unspecified atom stereocenters. The van der Waals surface area contributed by atoms with Crippen LogP contribution in [0, 0.1) is 23.7 Å². The second kappa shape index (κ2) is 10.6. The molecule has 0 aromatic heterocycles. The van der Waals surface area contributed by atoms with E-state index in [9.17, 15) is 9.59 Å². The number of hydrogen-bond acceptors (Lipinski definition) is 2. The maximum atomic E-state index is 10.6. The molecule has 0 amide bonds. The van der Waals surface area contributed by atoms with Crippen molar-refractivity contribution in [1.82, 2.24) is 0 Å². The molecule has 21 heavy (non-hydrogen) atoms. The van der Waals surface area contributed by atoms with Crippen molar-refractivity contribution in [3.8, 4) is 0 Å². The van der Waals surface area contributed by atoms with Gasteiger partial charge in [-0.15, -0.1) is 0 Å². The molecule has 2 rings (SSSR count). The van der Waals surface area contributed by atoms with Crippen LogP contribution in [0.2, 0.25) is 0 Å². The molecule has 0 heterocycles. The molecular formula is C16H28CdO4. The van der Waals surface area contributed by atoms with Gasteiger partial charge in [0, 0.05) is 27.3 Å². The molecule has 5 heteroatoms. The van der Waals surface area contributed by atoms with Gasteiger partial charge in [0.1, 0.15) is 0 Å². The minimum atomic E-state index is -0.604. The van der Waals surface area contributed by atoms with Crippen LogP contribution in [0.25, 0.3) is 0 Å². The first-order valence-electron chi connectivity index (χ1n) is 7.89. The van der Waals surface area contributed by atoms with Gasteiger partial charge in [-0.1, -0.05) is 39.5 Å². The molecule has 2 N–H and O–H groups in total.